The topological polar surface area (TPSA) is 70.6 Å². The van der Waals surface area contributed by atoms with Gasteiger partial charge in [-0.15, -0.1) is 11.3 Å². The van der Waals surface area contributed by atoms with Crippen LogP contribution in [0.5, 0.6) is 0 Å². The zero-order chi connectivity index (χ0) is 22.2. The van der Waals surface area contributed by atoms with Gasteiger partial charge in [0.2, 0.25) is 10.0 Å². The normalized spacial score (nSPS) is 15.3. The van der Waals surface area contributed by atoms with Crippen LogP contribution in [0.1, 0.15) is 16.1 Å². The molecule has 0 unspecified atom stereocenters. The third-order valence-electron chi connectivity index (χ3n) is 5.08. The van der Waals surface area contributed by atoms with Crippen LogP contribution in [0.4, 0.5) is 4.39 Å². The summed E-state index contributed by atoms with van der Waals surface area (Å²) in [5.41, 5.74) is 2.44. The summed E-state index contributed by atoms with van der Waals surface area (Å²) < 4.78 is 40.3. The van der Waals surface area contributed by atoms with Crippen molar-refractivity contribution in [2.45, 2.75) is 11.8 Å². The van der Waals surface area contributed by atoms with E-state index in [4.69, 9.17) is 11.6 Å². The molecule has 4 rings (SSSR count). The number of amides is 1. The van der Waals surface area contributed by atoms with Crippen LogP contribution in [0.2, 0.25) is 5.02 Å². The van der Waals surface area contributed by atoms with Crippen molar-refractivity contribution in [2.24, 2.45) is 0 Å². The fraction of sp³-hybridized carbons (Fsp3) is 0.238. The Balaban J connectivity index is 1.43. The summed E-state index contributed by atoms with van der Waals surface area (Å²) in [4.78, 5) is 18.8. The van der Waals surface area contributed by atoms with Crippen LogP contribution < -0.4 is 0 Å². The van der Waals surface area contributed by atoms with Crippen molar-refractivity contribution in [2.75, 3.05) is 26.2 Å². The number of aromatic nitrogens is 1. The second kappa shape index (κ2) is 8.66. The summed E-state index contributed by atoms with van der Waals surface area (Å²) >= 11 is 7.13. The van der Waals surface area contributed by atoms with Crippen molar-refractivity contribution in [1.82, 2.24) is 14.2 Å². The van der Waals surface area contributed by atoms with E-state index in [1.54, 1.807) is 10.3 Å². The second-order valence-electron chi connectivity index (χ2n) is 7.18. The third kappa shape index (κ3) is 4.50. The Bertz CT molecular complexity index is 1220. The molecule has 6 nitrogen and oxygen atoms in total. The number of hydrogen-bond donors (Lipinski definition) is 0. The summed E-state index contributed by atoms with van der Waals surface area (Å²) in [5, 5.41) is 2.24. The lowest BCUT2D eigenvalue weighted by Gasteiger charge is -2.33. The van der Waals surface area contributed by atoms with Crippen molar-refractivity contribution in [3.05, 3.63) is 69.9 Å². The minimum absolute atomic E-state index is 0.0686. The van der Waals surface area contributed by atoms with Crippen molar-refractivity contribution in [1.29, 1.82) is 0 Å². The van der Waals surface area contributed by atoms with Gasteiger partial charge in [-0.25, -0.2) is 17.8 Å². The van der Waals surface area contributed by atoms with E-state index in [9.17, 15) is 17.6 Å². The number of aryl methyl sites for hydroxylation is 1. The molecule has 0 bridgehead atoms. The zero-order valence-electron chi connectivity index (χ0n) is 16.6. The highest BCUT2D eigenvalue weighted by Gasteiger charge is 2.31. The van der Waals surface area contributed by atoms with Gasteiger partial charge in [0, 0.05) is 37.1 Å². The molecule has 2 aromatic carbocycles. The van der Waals surface area contributed by atoms with Gasteiger partial charge >= 0.3 is 0 Å². The lowest BCUT2D eigenvalue weighted by atomic mass is 10.2. The minimum atomic E-state index is -3.82. The van der Waals surface area contributed by atoms with Crippen molar-refractivity contribution >= 4 is 38.9 Å². The van der Waals surface area contributed by atoms with Crippen molar-refractivity contribution < 1.29 is 17.6 Å². The number of halogens is 2. The molecule has 1 aliphatic heterocycles. The minimum Gasteiger partial charge on any atom is -0.335 e. The Labute approximate surface area is 189 Å². The molecular formula is C21H19ClFN3O3S2. The molecule has 1 saturated heterocycles. The second-order valence-corrected chi connectivity index (χ2v) is 10.4. The fourth-order valence-corrected chi connectivity index (χ4v) is 5.77. The predicted molar refractivity (Wildman–Crippen MR) is 118 cm³/mol. The highest BCUT2D eigenvalue weighted by atomic mass is 35.5. The number of piperazine rings is 1. The van der Waals surface area contributed by atoms with Crippen LogP contribution in [0.3, 0.4) is 0 Å². The molecule has 1 fully saturated rings. The molecule has 1 amide bonds. The van der Waals surface area contributed by atoms with E-state index >= 15 is 0 Å². The molecule has 1 aromatic heterocycles. The average Bonchev–Trinajstić information content (AvgIpc) is 3.26. The molecule has 0 aliphatic carbocycles. The Morgan fingerprint density at radius 3 is 2.42 bits per heavy atom. The predicted octanol–water partition coefficient (Wildman–Crippen LogP) is 4.06. The van der Waals surface area contributed by atoms with Gasteiger partial charge in [-0.1, -0.05) is 41.4 Å². The molecule has 0 radical (unpaired) electrons. The van der Waals surface area contributed by atoms with Gasteiger partial charge in [0.15, 0.2) is 0 Å². The Morgan fingerprint density at radius 1 is 1.10 bits per heavy atom. The standard InChI is InChI=1S/C21H19ClFN3O3S2/c1-14-2-4-15(5-3-14)20-24-19(13-30-20)21(27)25-8-10-26(11-9-25)31(28,29)16-6-7-18(23)17(22)12-16/h2-7,12-13H,8-11H2,1H3. The number of thiazole rings is 1. The molecule has 31 heavy (non-hydrogen) atoms. The fourth-order valence-electron chi connectivity index (χ4n) is 3.28. The maximum Gasteiger partial charge on any atom is 0.273 e. The summed E-state index contributed by atoms with van der Waals surface area (Å²) in [6.45, 7) is 2.76. The summed E-state index contributed by atoms with van der Waals surface area (Å²) in [6.07, 6.45) is 0. The highest BCUT2D eigenvalue weighted by molar-refractivity contribution is 7.89. The van der Waals surface area contributed by atoms with Crippen LogP contribution in [0.15, 0.2) is 52.7 Å². The van der Waals surface area contributed by atoms with Crippen LogP contribution in [0, 0.1) is 12.7 Å². The van der Waals surface area contributed by atoms with E-state index in [0.29, 0.717) is 5.69 Å². The molecule has 10 heteroatoms. The van der Waals surface area contributed by atoms with Crippen LogP contribution in [0.25, 0.3) is 10.6 Å². The van der Waals surface area contributed by atoms with E-state index in [2.05, 4.69) is 4.98 Å². The SMILES string of the molecule is Cc1ccc(-c2nc(C(=O)N3CCN(S(=O)(=O)c4ccc(F)c(Cl)c4)CC3)cs2)cc1. The molecule has 0 N–H and O–H groups in total. The van der Waals surface area contributed by atoms with E-state index in [1.165, 1.54) is 21.7 Å². The number of hydrogen-bond acceptors (Lipinski definition) is 5. The molecule has 1 aliphatic rings. The largest absolute Gasteiger partial charge is 0.335 e. The first-order valence-electron chi connectivity index (χ1n) is 9.53. The van der Waals surface area contributed by atoms with Gasteiger partial charge in [0.1, 0.15) is 16.5 Å². The highest BCUT2D eigenvalue weighted by Crippen LogP contribution is 2.26. The molecular weight excluding hydrogens is 461 g/mol. The zero-order valence-corrected chi connectivity index (χ0v) is 19.0. The first-order chi connectivity index (χ1) is 14.8. The molecule has 0 atom stereocenters. The Hall–Kier alpha value is -2.33. The Morgan fingerprint density at radius 2 is 1.77 bits per heavy atom. The van der Waals surface area contributed by atoms with E-state index in [-0.39, 0.29) is 42.0 Å². The lowest BCUT2D eigenvalue weighted by molar-refractivity contribution is 0.0693. The number of nitrogens with zero attached hydrogens (tertiary/aromatic N) is 3. The first kappa shape index (κ1) is 21.9. The first-order valence-corrected chi connectivity index (χ1v) is 12.2. The van der Waals surface area contributed by atoms with E-state index < -0.39 is 15.8 Å². The number of carbonyl (C=O) groups excluding carboxylic acids is 1. The van der Waals surface area contributed by atoms with Gasteiger partial charge in [0.25, 0.3) is 5.91 Å². The summed E-state index contributed by atoms with van der Waals surface area (Å²) in [7, 11) is -3.82. The average molecular weight is 480 g/mol. The maximum atomic E-state index is 13.4. The molecule has 0 spiro atoms. The molecule has 162 valence electrons. The van der Waals surface area contributed by atoms with Gasteiger partial charge in [0.05, 0.1) is 9.92 Å². The van der Waals surface area contributed by atoms with Gasteiger partial charge in [-0.3, -0.25) is 4.79 Å². The van der Waals surface area contributed by atoms with Crippen molar-refractivity contribution in [3.63, 3.8) is 0 Å². The number of carbonyl (C=O) groups is 1. The summed E-state index contributed by atoms with van der Waals surface area (Å²) in [6, 6.07) is 11.2. The number of rotatable bonds is 4. The molecule has 3 aromatic rings. The smallest absolute Gasteiger partial charge is 0.273 e. The van der Waals surface area contributed by atoms with Gasteiger partial charge < -0.3 is 4.90 Å². The van der Waals surface area contributed by atoms with E-state index in [0.717, 1.165) is 28.3 Å². The van der Waals surface area contributed by atoms with Gasteiger partial charge in [-0.2, -0.15) is 4.31 Å². The van der Waals surface area contributed by atoms with Crippen LogP contribution in [-0.4, -0.2) is 54.7 Å². The monoisotopic (exact) mass is 479 g/mol. The van der Waals surface area contributed by atoms with E-state index in [1.807, 2.05) is 31.2 Å². The number of sulfonamides is 1. The van der Waals surface area contributed by atoms with Crippen LogP contribution in [-0.2, 0) is 10.0 Å². The number of benzene rings is 2. The quantitative estimate of drug-likeness (QED) is 0.566. The van der Waals surface area contributed by atoms with Crippen LogP contribution >= 0.6 is 22.9 Å². The molecule has 0 saturated carbocycles. The summed E-state index contributed by atoms with van der Waals surface area (Å²) in [5.74, 6) is -0.902. The Kier molecular flexibility index (Phi) is 6.11. The van der Waals surface area contributed by atoms with Gasteiger partial charge in [-0.05, 0) is 25.1 Å². The maximum absolute atomic E-state index is 13.4. The lowest BCUT2D eigenvalue weighted by Crippen LogP contribution is -2.50. The van der Waals surface area contributed by atoms with Crippen molar-refractivity contribution in [3.8, 4) is 10.6 Å². The molecule has 2 heterocycles. The third-order valence-corrected chi connectivity index (χ3v) is 8.15.